The van der Waals surface area contributed by atoms with Crippen LogP contribution >= 0.6 is 11.8 Å². The molecule has 4 heteroatoms. The second kappa shape index (κ2) is 6.33. The molecule has 0 aliphatic heterocycles. The first-order valence-corrected chi connectivity index (χ1v) is 7.32. The molecular weight excluding hydrogens is 258 g/mol. The fourth-order valence-corrected chi connectivity index (χ4v) is 2.74. The average Bonchev–Trinajstić information content (AvgIpc) is 2.28. The second-order valence-electron chi connectivity index (χ2n) is 5.55. The number of anilines is 1. The molecule has 0 unspecified atom stereocenters. The Labute approximate surface area is 119 Å². The van der Waals surface area contributed by atoms with Gasteiger partial charge in [0.25, 0.3) is 0 Å². The van der Waals surface area contributed by atoms with E-state index >= 15 is 0 Å². The Kier molecular flexibility index (Phi) is 5.29. The van der Waals surface area contributed by atoms with Gasteiger partial charge >= 0.3 is 5.97 Å². The number of aryl methyl sites for hydroxylation is 1. The number of carbonyl (C=O) groups excluding carboxylic acids is 1. The topological polar surface area (TPSA) is 52.3 Å². The van der Waals surface area contributed by atoms with Gasteiger partial charge in [0.15, 0.2) is 0 Å². The fourth-order valence-electron chi connectivity index (χ4n) is 1.62. The smallest absolute Gasteiger partial charge is 0.340 e. The molecule has 0 aliphatic rings. The lowest BCUT2D eigenvalue weighted by Gasteiger charge is -2.19. The maximum atomic E-state index is 12.0. The number of carbonyl (C=O) groups is 1. The first-order valence-electron chi connectivity index (χ1n) is 6.51. The molecule has 1 rings (SSSR count). The van der Waals surface area contributed by atoms with E-state index in [0.29, 0.717) is 17.9 Å². The first kappa shape index (κ1) is 15.9. The van der Waals surface area contributed by atoms with Crippen molar-refractivity contribution in [3.63, 3.8) is 0 Å². The molecule has 0 bridgehead atoms. The molecule has 0 amide bonds. The van der Waals surface area contributed by atoms with Crippen molar-refractivity contribution in [2.24, 2.45) is 0 Å². The van der Waals surface area contributed by atoms with Crippen molar-refractivity contribution in [3.8, 4) is 0 Å². The van der Waals surface area contributed by atoms with Gasteiger partial charge in [-0.25, -0.2) is 4.79 Å². The predicted octanol–water partition coefficient (Wildman–Crippen LogP) is 4.03. The Bertz CT molecular complexity index is 464. The molecule has 0 aliphatic carbocycles. The number of hydrogen-bond acceptors (Lipinski definition) is 4. The van der Waals surface area contributed by atoms with E-state index in [1.165, 1.54) is 0 Å². The molecule has 0 saturated carbocycles. The molecule has 0 atom stereocenters. The van der Waals surface area contributed by atoms with Crippen LogP contribution < -0.4 is 5.73 Å². The number of hydrogen-bond donors (Lipinski definition) is 1. The average molecular weight is 281 g/mol. The van der Waals surface area contributed by atoms with Gasteiger partial charge in [0.05, 0.1) is 12.2 Å². The summed E-state index contributed by atoms with van der Waals surface area (Å²) in [6.45, 7) is 10.7. The summed E-state index contributed by atoms with van der Waals surface area (Å²) < 4.78 is 5.26. The number of benzene rings is 1. The van der Waals surface area contributed by atoms with Gasteiger partial charge in [0.2, 0.25) is 0 Å². The maximum Gasteiger partial charge on any atom is 0.340 e. The summed E-state index contributed by atoms with van der Waals surface area (Å²) in [6, 6.07) is 3.85. The highest BCUT2D eigenvalue weighted by molar-refractivity contribution is 8.00. The fraction of sp³-hybridized carbons (Fsp3) is 0.533. The number of ether oxygens (including phenoxy) is 1. The summed E-state index contributed by atoms with van der Waals surface area (Å²) in [6.07, 6.45) is 0.807. The zero-order valence-corrected chi connectivity index (χ0v) is 13.2. The van der Waals surface area contributed by atoms with Gasteiger partial charge in [0, 0.05) is 15.3 Å². The van der Waals surface area contributed by atoms with Crippen molar-refractivity contribution >= 4 is 23.4 Å². The summed E-state index contributed by atoms with van der Waals surface area (Å²) in [4.78, 5) is 13.0. The maximum absolute atomic E-state index is 12.0. The second-order valence-corrected chi connectivity index (χ2v) is 7.45. The van der Waals surface area contributed by atoms with E-state index < -0.39 is 0 Å². The summed E-state index contributed by atoms with van der Waals surface area (Å²) in [7, 11) is 0. The van der Waals surface area contributed by atoms with Crippen molar-refractivity contribution in [2.75, 3.05) is 12.3 Å². The molecule has 1 aromatic rings. The van der Waals surface area contributed by atoms with E-state index in [9.17, 15) is 4.79 Å². The molecule has 19 heavy (non-hydrogen) atoms. The molecule has 3 nitrogen and oxygen atoms in total. The van der Waals surface area contributed by atoms with Crippen LogP contribution in [0.25, 0.3) is 0 Å². The highest BCUT2D eigenvalue weighted by Crippen LogP contribution is 2.35. The van der Waals surface area contributed by atoms with Crippen LogP contribution in [0.5, 0.6) is 0 Å². The van der Waals surface area contributed by atoms with Crippen LogP contribution in [0.1, 0.15) is 50.0 Å². The zero-order chi connectivity index (χ0) is 14.6. The molecule has 0 heterocycles. The molecule has 0 spiro atoms. The Balaban J connectivity index is 3.06. The lowest BCUT2D eigenvalue weighted by Crippen LogP contribution is -2.11. The quantitative estimate of drug-likeness (QED) is 0.514. The summed E-state index contributed by atoms with van der Waals surface area (Å²) >= 11 is 1.72. The van der Waals surface area contributed by atoms with Crippen LogP contribution in [0.4, 0.5) is 5.69 Å². The Morgan fingerprint density at radius 2 is 2.00 bits per heavy atom. The normalized spacial score (nSPS) is 11.4. The Hall–Kier alpha value is -1.16. The van der Waals surface area contributed by atoms with Crippen LogP contribution in [0, 0.1) is 6.92 Å². The van der Waals surface area contributed by atoms with E-state index in [1.54, 1.807) is 11.8 Å². The van der Waals surface area contributed by atoms with Gasteiger partial charge in [-0.05, 0) is 31.0 Å². The minimum Gasteiger partial charge on any atom is -0.462 e. The minimum atomic E-state index is -0.334. The third-order valence-electron chi connectivity index (χ3n) is 2.44. The molecule has 1 aromatic carbocycles. The molecule has 0 aromatic heterocycles. The van der Waals surface area contributed by atoms with Gasteiger partial charge in [-0.1, -0.05) is 27.7 Å². The number of nitrogen functional groups attached to an aromatic ring is 1. The van der Waals surface area contributed by atoms with Gasteiger partial charge < -0.3 is 10.5 Å². The van der Waals surface area contributed by atoms with Crippen molar-refractivity contribution in [1.29, 1.82) is 0 Å². The van der Waals surface area contributed by atoms with Gasteiger partial charge in [-0.15, -0.1) is 11.8 Å². The third kappa shape index (κ3) is 4.78. The van der Waals surface area contributed by atoms with Crippen molar-refractivity contribution in [1.82, 2.24) is 0 Å². The minimum absolute atomic E-state index is 0.0904. The largest absolute Gasteiger partial charge is 0.462 e. The van der Waals surface area contributed by atoms with E-state index in [0.717, 1.165) is 16.9 Å². The Morgan fingerprint density at radius 3 is 2.53 bits per heavy atom. The predicted molar refractivity (Wildman–Crippen MR) is 81.8 cm³/mol. The summed E-state index contributed by atoms with van der Waals surface area (Å²) in [5, 5.41) is 0. The van der Waals surface area contributed by atoms with E-state index in [-0.39, 0.29) is 10.7 Å². The molecule has 0 saturated heterocycles. The van der Waals surface area contributed by atoms with E-state index in [4.69, 9.17) is 10.5 Å². The standard InChI is InChI=1S/C15H23NO2S/c1-6-7-18-14(17)12-9-11(19-15(3,4)5)8-10(2)13(12)16/h8-9H,6-7,16H2,1-5H3. The van der Waals surface area contributed by atoms with E-state index in [1.807, 2.05) is 26.0 Å². The van der Waals surface area contributed by atoms with Gasteiger partial charge in [-0.2, -0.15) is 0 Å². The van der Waals surface area contributed by atoms with Crippen molar-refractivity contribution in [2.45, 2.75) is 50.7 Å². The number of esters is 1. The van der Waals surface area contributed by atoms with Gasteiger partial charge in [0.1, 0.15) is 0 Å². The molecule has 106 valence electrons. The highest BCUT2D eigenvalue weighted by atomic mass is 32.2. The molecular formula is C15H23NO2S. The van der Waals surface area contributed by atoms with Crippen LogP contribution in [0.15, 0.2) is 17.0 Å². The van der Waals surface area contributed by atoms with E-state index in [2.05, 4.69) is 20.8 Å². The highest BCUT2D eigenvalue weighted by Gasteiger charge is 2.18. The SMILES string of the molecule is CCCOC(=O)c1cc(SC(C)(C)C)cc(C)c1N. The summed E-state index contributed by atoms with van der Waals surface area (Å²) in [5.74, 6) is -0.334. The summed E-state index contributed by atoms with van der Waals surface area (Å²) in [5.41, 5.74) is 7.88. The first-order chi connectivity index (χ1) is 8.74. The number of nitrogens with two attached hydrogens (primary N) is 1. The van der Waals surface area contributed by atoms with Crippen LogP contribution in [0.2, 0.25) is 0 Å². The Morgan fingerprint density at radius 1 is 1.37 bits per heavy atom. The van der Waals surface area contributed by atoms with Crippen LogP contribution in [0.3, 0.4) is 0 Å². The third-order valence-corrected chi connectivity index (χ3v) is 3.53. The molecule has 0 radical (unpaired) electrons. The monoisotopic (exact) mass is 281 g/mol. The molecule has 0 fully saturated rings. The van der Waals surface area contributed by atoms with Gasteiger partial charge in [-0.3, -0.25) is 0 Å². The van der Waals surface area contributed by atoms with Crippen molar-refractivity contribution in [3.05, 3.63) is 23.3 Å². The zero-order valence-electron chi connectivity index (χ0n) is 12.4. The lowest BCUT2D eigenvalue weighted by molar-refractivity contribution is 0.0506. The molecule has 2 N–H and O–H groups in total. The number of rotatable bonds is 4. The lowest BCUT2D eigenvalue weighted by atomic mass is 10.1. The van der Waals surface area contributed by atoms with Crippen LogP contribution in [-0.2, 0) is 4.74 Å². The number of thioether (sulfide) groups is 1. The van der Waals surface area contributed by atoms with Crippen molar-refractivity contribution < 1.29 is 9.53 Å². The van der Waals surface area contributed by atoms with Crippen LogP contribution in [-0.4, -0.2) is 17.3 Å².